The van der Waals surface area contributed by atoms with Crippen LogP contribution in [-0.4, -0.2) is 33.7 Å². The summed E-state index contributed by atoms with van der Waals surface area (Å²) in [6.07, 6.45) is 19.6. The Kier molecular flexibility index (Phi) is 10.7. The molecule has 2 saturated carbocycles. The van der Waals surface area contributed by atoms with Crippen LogP contribution in [0.15, 0.2) is 89.8 Å². The molecule has 0 N–H and O–H groups in total. The molecule has 9 rings (SSSR count). The second-order valence-corrected chi connectivity index (χ2v) is 17.3. The summed E-state index contributed by atoms with van der Waals surface area (Å²) in [6.45, 7) is 0.765. The highest BCUT2D eigenvalue weighted by molar-refractivity contribution is 7.99. The fourth-order valence-corrected chi connectivity index (χ4v) is 10.9. The van der Waals surface area contributed by atoms with Gasteiger partial charge in [-0.3, -0.25) is 0 Å². The minimum Gasteiger partial charge on any atom is -0.497 e. The predicted molar refractivity (Wildman–Crippen MR) is 229 cm³/mol. The fourth-order valence-electron chi connectivity index (χ4n) is 9.69. The molecular formula is C50H54O5S. The summed E-state index contributed by atoms with van der Waals surface area (Å²) in [6, 6.07) is 28.0. The Bertz CT molecular complexity index is 2160. The van der Waals surface area contributed by atoms with Crippen LogP contribution in [0.2, 0.25) is 0 Å². The van der Waals surface area contributed by atoms with Crippen LogP contribution in [0.25, 0.3) is 28.0 Å². The van der Waals surface area contributed by atoms with Crippen molar-refractivity contribution in [3.63, 3.8) is 0 Å². The van der Waals surface area contributed by atoms with Crippen molar-refractivity contribution in [2.45, 2.75) is 87.5 Å². The van der Waals surface area contributed by atoms with Gasteiger partial charge in [-0.25, -0.2) is 0 Å². The Labute approximate surface area is 336 Å². The second kappa shape index (κ2) is 16.1. The van der Waals surface area contributed by atoms with E-state index in [1.165, 1.54) is 96.7 Å². The van der Waals surface area contributed by atoms with Crippen LogP contribution in [0.4, 0.5) is 0 Å². The topological polar surface area (TPSA) is 46.2 Å². The van der Waals surface area contributed by atoms with E-state index in [-0.39, 0.29) is 0 Å². The molecule has 0 atom stereocenters. The minimum atomic E-state index is -0.885. The number of rotatable bonds is 11. The lowest BCUT2D eigenvalue weighted by atomic mass is 9.77. The van der Waals surface area contributed by atoms with Gasteiger partial charge in [0.15, 0.2) is 5.60 Å². The Hall–Kier alpha value is -4.55. The van der Waals surface area contributed by atoms with Crippen molar-refractivity contribution >= 4 is 28.6 Å². The molecule has 4 aliphatic rings. The molecule has 3 aliphatic carbocycles. The number of hydrogen-bond donors (Lipinski definition) is 0. The number of thioether (sulfide) groups is 1. The van der Waals surface area contributed by atoms with Crippen molar-refractivity contribution in [1.82, 2.24) is 0 Å². The highest BCUT2D eigenvalue weighted by atomic mass is 32.2. The zero-order valence-electron chi connectivity index (χ0n) is 33.2. The number of aryl methyl sites for hydroxylation is 1. The van der Waals surface area contributed by atoms with Gasteiger partial charge < -0.3 is 23.7 Å². The first-order valence-electron chi connectivity index (χ1n) is 20.8. The Balaban J connectivity index is 1.25. The Morgan fingerprint density at radius 3 is 1.93 bits per heavy atom. The summed E-state index contributed by atoms with van der Waals surface area (Å²) in [5.74, 6) is 6.92. The number of benzene rings is 5. The monoisotopic (exact) mass is 766 g/mol. The van der Waals surface area contributed by atoms with Gasteiger partial charge in [0.25, 0.3) is 0 Å². The third kappa shape index (κ3) is 7.04. The van der Waals surface area contributed by atoms with E-state index in [0.29, 0.717) is 5.92 Å². The fraction of sp³-hybridized carbons (Fsp3) is 0.400. The van der Waals surface area contributed by atoms with Crippen molar-refractivity contribution < 1.29 is 23.7 Å². The molecule has 2 fully saturated rings. The molecule has 1 heterocycles. The summed E-state index contributed by atoms with van der Waals surface area (Å²) >= 11 is 2.01. The van der Waals surface area contributed by atoms with Gasteiger partial charge in [0.05, 0.1) is 32.8 Å². The Morgan fingerprint density at radius 2 is 1.29 bits per heavy atom. The van der Waals surface area contributed by atoms with Crippen molar-refractivity contribution in [1.29, 1.82) is 0 Å². The van der Waals surface area contributed by atoms with Gasteiger partial charge in [-0.2, -0.15) is 0 Å². The lowest BCUT2D eigenvalue weighted by molar-refractivity contribution is 0.163. The molecule has 5 nitrogen and oxygen atoms in total. The number of hydrogen-bond acceptors (Lipinski definition) is 6. The molecule has 6 heteroatoms. The summed E-state index contributed by atoms with van der Waals surface area (Å²) in [5.41, 5.74) is 7.61. The van der Waals surface area contributed by atoms with E-state index in [2.05, 4.69) is 66.7 Å². The predicted octanol–water partition coefficient (Wildman–Crippen LogP) is 12.6. The normalized spacial score (nSPS) is 17.7. The molecule has 0 amide bonds. The highest BCUT2D eigenvalue weighted by Gasteiger charge is 2.40. The summed E-state index contributed by atoms with van der Waals surface area (Å²) < 4.78 is 31.5. The lowest BCUT2D eigenvalue weighted by Gasteiger charge is -2.38. The zero-order chi connectivity index (χ0) is 38.1. The molecule has 0 aromatic heterocycles. The van der Waals surface area contributed by atoms with Gasteiger partial charge in [0, 0.05) is 27.8 Å². The van der Waals surface area contributed by atoms with E-state index in [1.54, 1.807) is 21.3 Å². The molecule has 56 heavy (non-hydrogen) atoms. The van der Waals surface area contributed by atoms with Gasteiger partial charge in [-0.15, -0.1) is 11.8 Å². The molecule has 5 aromatic rings. The third-order valence-corrected chi connectivity index (χ3v) is 14.1. The Morgan fingerprint density at radius 1 is 0.661 bits per heavy atom. The SMILES string of the molecule is COc1ccc(C2(c3ccc(OC)cc3)C=Cc3c4c(c5cc(SCC6CCCCC6)c(OCC6CCCCC6)cc5c3O2)-c2ccc(OC)cc2CC4)cc1. The van der Waals surface area contributed by atoms with Gasteiger partial charge in [0.2, 0.25) is 0 Å². The van der Waals surface area contributed by atoms with Crippen LogP contribution in [0.5, 0.6) is 28.7 Å². The third-order valence-electron chi connectivity index (χ3n) is 12.9. The van der Waals surface area contributed by atoms with Crippen molar-refractivity contribution in [2.24, 2.45) is 11.8 Å². The van der Waals surface area contributed by atoms with Gasteiger partial charge >= 0.3 is 0 Å². The van der Waals surface area contributed by atoms with Crippen LogP contribution in [0, 0.1) is 11.8 Å². The second-order valence-electron chi connectivity index (χ2n) is 16.2. The lowest BCUT2D eigenvalue weighted by Crippen LogP contribution is -2.34. The van der Waals surface area contributed by atoms with Crippen LogP contribution in [-0.2, 0) is 18.4 Å². The summed E-state index contributed by atoms with van der Waals surface area (Å²) in [5, 5.41) is 2.33. The molecule has 1 aliphatic heterocycles. The number of fused-ring (bicyclic) bond motifs is 8. The van der Waals surface area contributed by atoms with Crippen molar-refractivity contribution in [2.75, 3.05) is 33.7 Å². The first kappa shape index (κ1) is 37.1. The van der Waals surface area contributed by atoms with Gasteiger partial charge in [0.1, 0.15) is 28.7 Å². The largest absolute Gasteiger partial charge is 0.497 e. The molecule has 0 saturated heterocycles. The van der Waals surface area contributed by atoms with E-state index < -0.39 is 5.60 Å². The first-order valence-corrected chi connectivity index (χ1v) is 21.8. The first-order chi connectivity index (χ1) is 27.6. The molecule has 5 aromatic carbocycles. The average Bonchev–Trinajstić information content (AvgIpc) is 3.27. The minimum absolute atomic E-state index is 0.604. The maximum absolute atomic E-state index is 7.64. The summed E-state index contributed by atoms with van der Waals surface area (Å²) in [7, 11) is 5.18. The quantitative estimate of drug-likeness (QED) is 0.125. The smallest absolute Gasteiger partial charge is 0.178 e. The maximum atomic E-state index is 7.64. The van der Waals surface area contributed by atoms with Crippen molar-refractivity contribution in [3.05, 3.63) is 113 Å². The standard InChI is InChI=1S/C50H54O5S/c1-51-38-19-15-36(16-20-38)50(37-17-21-39(52-2)22-18-37)27-26-43-42-24-14-35-28-40(53-3)23-25-41(35)48(42)44-30-47(56-32-34-12-8-5-9-13-34)46(29-45(44)49(43)55-50)54-31-33-10-6-4-7-11-33/h15-23,25-30,33-34H,4-14,24,31-32H2,1-3H3. The van der Waals surface area contributed by atoms with E-state index in [9.17, 15) is 0 Å². The van der Waals surface area contributed by atoms with Crippen LogP contribution < -0.4 is 23.7 Å². The van der Waals surface area contributed by atoms with Gasteiger partial charge in [-0.1, -0.05) is 74.9 Å². The van der Waals surface area contributed by atoms with E-state index >= 15 is 0 Å². The maximum Gasteiger partial charge on any atom is 0.178 e. The van der Waals surface area contributed by atoms with E-state index in [1.807, 2.05) is 36.0 Å². The average molecular weight is 767 g/mol. The summed E-state index contributed by atoms with van der Waals surface area (Å²) in [4.78, 5) is 1.25. The molecular weight excluding hydrogens is 713 g/mol. The van der Waals surface area contributed by atoms with Crippen LogP contribution in [0.1, 0.15) is 92.0 Å². The molecule has 0 bridgehead atoms. The zero-order valence-corrected chi connectivity index (χ0v) is 34.0. The molecule has 0 spiro atoms. The molecule has 0 radical (unpaired) electrons. The number of methoxy groups -OCH3 is 3. The van der Waals surface area contributed by atoms with Crippen LogP contribution in [0.3, 0.4) is 0 Å². The highest BCUT2D eigenvalue weighted by Crippen LogP contribution is 2.54. The van der Waals surface area contributed by atoms with Crippen molar-refractivity contribution in [3.8, 4) is 39.9 Å². The van der Waals surface area contributed by atoms with Crippen LogP contribution >= 0.6 is 11.8 Å². The van der Waals surface area contributed by atoms with Gasteiger partial charge in [-0.05, 0) is 133 Å². The van der Waals surface area contributed by atoms with E-state index in [4.69, 9.17) is 23.7 Å². The molecule has 0 unspecified atom stereocenters. The number of ether oxygens (including phenoxy) is 5. The van der Waals surface area contributed by atoms with E-state index in [0.717, 1.165) is 81.9 Å². The molecule has 290 valence electrons.